The van der Waals surface area contributed by atoms with Crippen LogP contribution in [-0.2, 0) is 11.2 Å². The predicted molar refractivity (Wildman–Crippen MR) is 105 cm³/mol. The molecule has 6 nitrogen and oxygen atoms in total. The number of aryl methyl sites for hydroxylation is 1. The van der Waals surface area contributed by atoms with Gasteiger partial charge in [-0.25, -0.2) is 4.98 Å². The molecule has 0 saturated carbocycles. The molecule has 0 radical (unpaired) electrons. The van der Waals surface area contributed by atoms with Gasteiger partial charge in [-0.1, -0.05) is 19.1 Å². The van der Waals surface area contributed by atoms with Crippen molar-refractivity contribution < 1.29 is 14.3 Å². The molecule has 2 aromatic rings. The molecule has 1 fully saturated rings. The Morgan fingerprint density at radius 1 is 1.30 bits per heavy atom. The maximum atomic E-state index is 12.9. The van der Waals surface area contributed by atoms with Crippen LogP contribution in [0, 0.1) is 0 Å². The summed E-state index contributed by atoms with van der Waals surface area (Å²) >= 11 is 1.53. The molecule has 27 heavy (non-hydrogen) atoms. The van der Waals surface area contributed by atoms with Gasteiger partial charge in [0.2, 0.25) is 5.91 Å². The zero-order chi connectivity index (χ0) is 19.4. The van der Waals surface area contributed by atoms with Gasteiger partial charge in [0.05, 0.1) is 18.2 Å². The lowest BCUT2D eigenvalue weighted by molar-refractivity contribution is -0.119. The molecule has 1 aliphatic heterocycles. The highest BCUT2D eigenvalue weighted by Crippen LogP contribution is 2.30. The van der Waals surface area contributed by atoms with E-state index in [9.17, 15) is 9.59 Å². The lowest BCUT2D eigenvalue weighted by atomic mass is 9.94. The SMILES string of the molecule is CCCc1nc(C(=O)N2C[C@@H](NC(C)=O)[C@H](c3ccc(OC)cc3)C2)cs1. The Balaban J connectivity index is 1.78. The van der Waals surface area contributed by atoms with E-state index >= 15 is 0 Å². The van der Waals surface area contributed by atoms with Crippen molar-refractivity contribution in [1.82, 2.24) is 15.2 Å². The minimum atomic E-state index is -0.117. The van der Waals surface area contributed by atoms with Gasteiger partial charge < -0.3 is 15.0 Å². The third kappa shape index (κ3) is 4.47. The summed E-state index contributed by atoms with van der Waals surface area (Å²) in [4.78, 5) is 30.8. The molecule has 1 aromatic heterocycles. The minimum absolute atomic E-state index is 0.0394. The molecule has 0 unspecified atom stereocenters. The molecule has 3 rings (SSSR count). The maximum Gasteiger partial charge on any atom is 0.273 e. The molecule has 1 aromatic carbocycles. The normalized spacial score (nSPS) is 19.1. The molecule has 1 N–H and O–H groups in total. The summed E-state index contributed by atoms with van der Waals surface area (Å²) < 4.78 is 5.22. The molecule has 0 aliphatic carbocycles. The van der Waals surface area contributed by atoms with E-state index in [2.05, 4.69) is 17.2 Å². The first-order valence-electron chi connectivity index (χ1n) is 9.16. The highest BCUT2D eigenvalue weighted by atomic mass is 32.1. The Hall–Kier alpha value is -2.41. The largest absolute Gasteiger partial charge is 0.497 e. The monoisotopic (exact) mass is 387 g/mol. The molecule has 2 amide bonds. The van der Waals surface area contributed by atoms with Gasteiger partial charge in [0.25, 0.3) is 5.91 Å². The summed E-state index contributed by atoms with van der Waals surface area (Å²) in [6, 6.07) is 7.68. The van der Waals surface area contributed by atoms with E-state index in [1.54, 1.807) is 12.0 Å². The second-order valence-electron chi connectivity index (χ2n) is 6.77. The lowest BCUT2D eigenvalue weighted by Gasteiger charge is -2.19. The molecule has 2 heterocycles. The first-order chi connectivity index (χ1) is 13.0. The van der Waals surface area contributed by atoms with Crippen molar-refractivity contribution in [2.75, 3.05) is 20.2 Å². The van der Waals surface area contributed by atoms with Crippen LogP contribution in [-0.4, -0.2) is 47.9 Å². The summed E-state index contributed by atoms with van der Waals surface area (Å²) in [5.41, 5.74) is 1.58. The van der Waals surface area contributed by atoms with Gasteiger partial charge in [-0.2, -0.15) is 0 Å². The quantitative estimate of drug-likeness (QED) is 0.827. The van der Waals surface area contributed by atoms with Gasteiger partial charge >= 0.3 is 0 Å². The van der Waals surface area contributed by atoms with Crippen LogP contribution < -0.4 is 10.1 Å². The van der Waals surface area contributed by atoms with E-state index in [1.807, 2.05) is 29.6 Å². The van der Waals surface area contributed by atoms with E-state index in [-0.39, 0.29) is 23.8 Å². The number of hydrogen-bond donors (Lipinski definition) is 1. The third-order valence-electron chi connectivity index (χ3n) is 4.77. The van der Waals surface area contributed by atoms with E-state index in [1.165, 1.54) is 18.3 Å². The number of hydrogen-bond acceptors (Lipinski definition) is 5. The molecule has 144 valence electrons. The molecule has 0 bridgehead atoms. The van der Waals surface area contributed by atoms with Crippen LogP contribution in [0.15, 0.2) is 29.6 Å². The summed E-state index contributed by atoms with van der Waals surface area (Å²) in [5.74, 6) is 0.663. The number of nitrogens with one attached hydrogen (secondary N) is 1. The average Bonchev–Trinajstić information content (AvgIpc) is 3.28. The van der Waals surface area contributed by atoms with Gasteiger partial charge in [0.15, 0.2) is 0 Å². The summed E-state index contributed by atoms with van der Waals surface area (Å²) in [6.07, 6.45) is 1.90. The van der Waals surface area contributed by atoms with Crippen molar-refractivity contribution in [1.29, 1.82) is 0 Å². The van der Waals surface area contributed by atoms with Crippen molar-refractivity contribution in [3.05, 3.63) is 45.9 Å². The zero-order valence-electron chi connectivity index (χ0n) is 15.9. The topological polar surface area (TPSA) is 71.5 Å². The van der Waals surface area contributed by atoms with Crippen molar-refractivity contribution >= 4 is 23.2 Å². The number of nitrogens with zero attached hydrogens (tertiary/aromatic N) is 2. The lowest BCUT2D eigenvalue weighted by Crippen LogP contribution is -2.39. The smallest absolute Gasteiger partial charge is 0.273 e. The molecule has 0 spiro atoms. The maximum absolute atomic E-state index is 12.9. The standard InChI is InChI=1S/C20H25N3O3S/c1-4-5-19-22-18(12-27-19)20(25)23-10-16(17(11-23)21-13(2)24)14-6-8-15(26-3)9-7-14/h6-9,12,16-17H,4-5,10-11H2,1-3H3,(H,21,24)/t16-,17+/m0/s1. The second-order valence-corrected chi connectivity index (χ2v) is 7.72. The van der Waals surface area contributed by atoms with E-state index in [0.717, 1.165) is 29.2 Å². The number of carbonyl (C=O) groups is 2. The first kappa shape index (κ1) is 19.4. The molecule has 1 saturated heterocycles. The number of carbonyl (C=O) groups excluding carboxylic acids is 2. The fourth-order valence-electron chi connectivity index (χ4n) is 3.47. The van der Waals surface area contributed by atoms with E-state index < -0.39 is 0 Å². The fraction of sp³-hybridized carbons (Fsp3) is 0.450. The summed E-state index contributed by atoms with van der Waals surface area (Å²) in [7, 11) is 1.63. The molecule has 7 heteroatoms. The van der Waals surface area contributed by atoms with Gasteiger partial charge in [-0.3, -0.25) is 9.59 Å². The molecule has 1 aliphatic rings. The number of aromatic nitrogens is 1. The minimum Gasteiger partial charge on any atom is -0.497 e. The van der Waals surface area contributed by atoms with Crippen LogP contribution in [0.25, 0.3) is 0 Å². The van der Waals surface area contributed by atoms with Crippen molar-refractivity contribution in [3.63, 3.8) is 0 Å². The number of thiazole rings is 1. The number of methoxy groups -OCH3 is 1. The van der Waals surface area contributed by atoms with E-state index in [4.69, 9.17) is 4.74 Å². The van der Waals surface area contributed by atoms with Gasteiger partial charge in [-0.15, -0.1) is 11.3 Å². The van der Waals surface area contributed by atoms with Crippen molar-refractivity contribution in [2.24, 2.45) is 0 Å². The van der Waals surface area contributed by atoms with Gasteiger partial charge in [-0.05, 0) is 30.5 Å². The highest BCUT2D eigenvalue weighted by Gasteiger charge is 2.37. The number of amides is 2. The summed E-state index contributed by atoms with van der Waals surface area (Å²) in [6.45, 7) is 4.64. The Kier molecular flexibility index (Phi) is 6.11. The number of likely N-dealkylation sites (tertiary alicyclic amines) is 1. The zero-order valence-corrected chi connectivity index (χ0v) is 16.7. The van der Waals surface area contributed by atoms with Crippen LogP contribution in [0.3, 0.4) is 0 Å². The Morgan fingerprint density at radius 2 is 2.04 bits per heavy atom. The number of benzene rings is 1. The third-order valence-corrected chi connectivity index (χ3v) is 5.68. The highest BCUT2D eigenvalue weighted by molar-refractivity contribution is 7.09. The number of rotatable bonds is 6. The van der Waals surface area contributed by atoms with Crippen LogP contribution in [0.2, 0.25) is 0 Å². The van der Waals surface area contributed by atoms with Gasteiger partial charge in [0, 0.05) is 31.3 Å². The number of ether oxygens (including phenoxy) is 1. The van der Waals surface area contributed by atoms with E-state index in [0.29, 0.717) is 18.8 Å². The molecule has 2 atom stereocenters. The average molecular weight is 388 g/mol. The van der Waals surface area contributed by atoms with Gasteiger partial charge in [0.1, 0.15) is 11.4 Å². The van der Waals surface area contributed by atoms with Crippen LogP contribution in [0.4, 0.5) is 0 Å². The second kappa shape index (κ2) is 8.52. The first-order valence-corrected chi connectivity index (χ1v) is 10.0. The Morgan fingerprint density at radius 3 is 2.67 bits per heavy atom. The van der Waals surface area contributed by atoms with Crippen molar-refractivity contribution in [2.45, 2.75) is 38.6 Å². The van der Waals surface area contributed by atoms with Crippen molar-refractivity contribution in [3.8, 4) is 5.75 Å². The predicted octanol–water partition coefficient (Wildman–Crippen LogP) is 2.85. The Bertz CT molecular complexity index is 803. The van der Waals surface area contributed by atoms with Crippen LogP contribution in [0.1, 0.15) is 47.2 Å². The fourth-order valence-corrected chi connectivity index (χ4v) is 4.34. The van der Waals surface area contributed by atoms with Crippen LogP contribution >= 0.6 is 11.3 Å². The summed E-state index contributed by atoms with van der Waals surface area (Å²) in [5, 5.41) is 5.82. The Labute approximate surface area is 163 Å². The molecular formula is C20H25N3O3S. The molecular weight excluding hydrogens is 362 g/mol. The van der Waals surface area contributed by atoms with Crippen LogP contribution in [0.5, 0.6) is 5.75 Å².